The Morgan fingerprint density at radius 2 is 1.85 bits per heavy atom. The van der Waals surface area contributed by atoms with Crippen LogP contribution in [0.25, 0.3) is 16.6 Å². The van der Waals surface area contributed by atoms with Crippen LogP contribution in [0.2, 0.25) is 0 Å². The van der Waals surface area contributed by atoms with Crippen LogP contribution in [0, 0.1) is 24.1 Å². The molecule has 1 heterocycles. The fourth-order valence-corrected chi connectivity index (χ4v) is 4.86. The van der Waals surface area contributed by atoms with Crippen molar-refractivity contribution >= 4 is 10.9 Å². The van der Waals surface area contributed by atoms with E-state index in [1.807, 2.05) is 36.4 Å². The molecule has 1 atom stereocenters. The molecule has 3 nitrogen and oxygen atoms in total. The number of halogens is 1. The van der Waals surface area contributed by atoms with E-state index in [0.29, 0.717) is 12.2 Å². The van der Waals surface area contributed by atoms with E-state index in [0.717, 1.165) is 39.9 Å². The number of rotatable bonds is 6. The van der Waals surface area contributed by atoms with Crippen LogP contribution < -0.4 is 4.74 Å². The summed E-state index contributed by atoms with van der Waals surface area (Å²) < 4.78 is 22.5. The molecule has 3 aromatic carbocycles. The Kier molecular flexibility index (Phi) is 5.71. The van der Waals surface area contributed by atoms with Gasteiger partial charge in [0.2, 0.25) is 0 Å². The number of aromatic nitrogens is 1. The molecule has 0 N–H and O–H groups in total. The summed E-state index contributed by atoms with van der Waals surface area (Å²) in [5.74, 6) is 1.02. The first-order chi connectivity index (χ1) is 16.5. The Morgan fingerprint density at radius 3 is 2.53 bits per heavy atom. The summed E-state index contributed by atoms with van der Waals surface area (Å²) in [6.07, 6.45) is 2.81. The molecule has 0 fully saturated rings. The summed E-state index contributed by atoms with van der Waals surface area (Å²) in [6.45, 7) is 6.67. The number of hydrogen-bond acceptors (Lipinski definition) is 2. The molecule has 0 saturated heterocycles. The molecule has 0 saturated carbocycles. The van der Waals surface area contributed by atoms with Gasteiger partial charge in [-0.05, 0) is 72.4 Å². The van der Waals surface area contributed by atoms with Crippen molar-refractivity contribution in [1.29, 1.82) is 5.26 Å². The lowest BCUT2D eigenvalue weighted by Gasteiger charge is -2.25. The Hall–Kier alpha value is -3.84. The summed E-state index contributed by atoms with van der Waals surface area (Å²) in [6, 6.07) is 23.9. The molecule has 0 bridgehead atoms. The van der Waals surface area contributed by atoms with Gasteiger partial charge in [0.15, 0.2) is 0 Å². The third-order valence-corrected chi connectivity index (χ3v) is 6.57. The van der Waals surface area contributed by atoms with E-state index in [-0.39, 0.29) is 17.7 Å². The van der Waals surface area contributed by atoms with Gasteiger partial charge >= 0.3 is 0 Å². The number of ether oxygens (including phenoxy) is 1. The Labute approximate surface area is 199 Å². The number of aryl methyl sites for hydroxylation is 1. The highest BCUT2D eigenvalue weighted by atomic mass is 19.1. The van der Waals surface area contributed by atoms with Crippen LogP contribution in [0.15, 0.2) is 78.4 Å². The van der Waals surface area contributed by atoms with Crippen molar-refractivity contribution < 1.29 is 9.13 Å². The summed E-state index contributed by atoms with van der Waals surface area (Å²) >= 11 is 0. The lowest BCUT2D eigenvalue weighted by molar-refractivity contribution is 0.306. The van der Waals surface area contributed by atoms with Crippen molar-refractivity contribution in [1.82, 2.24) is 4.57 Å². The predicted molar refractivity (Wildman–Crippen MR) is 134 cm³/mol. The topological polar surface area (TPSA) is 38.0 Å². The molecule has 34 heavy (non-hydrogen) atoms. The number of allylic oxidation sites excluding steroid dienone is 2. The van der Waals surface area contributed by atoms with Crippen LogP contribution in [-0.4, -0.2) is 4.57 Å². The second-order valence-electron chi connectivity index (χ2n) is 9.29. The van der Waals surface area contributed by atoms with E-state index in [4.69, 9.17) is 4.74 Å². The molecule has 0 amide bonds. The van der Waals surface area contributed by atoms with Crippen molar-refractivity contribution in [2.24, 2.45) is 0 Å². The number of hydrogen-bond donors (Lipinski definition) is 0. The molecule has 0 radical (unpaired) electrons. The first-order valence-electron chi connectivity index (χ1n) is 11.7. The van der Waals surface area contributed by atoms with Crippen LogP contribution in [0.3, 0.4) is 0 Å². The Bertz CT molecular complexity index is 1440. The second kappa shape index (κ2) is 8.83. The summed E-state index contributed by atoms with van der Waals surface area (Å²) in [5, 5.41) is 10.4. The van der Waals surface area contributed by atoms with Crippen molar-refractivity contribution in [3.05, 3.63) is 107 Å². The zero-order valence-electron chi connectivity index (χ0n) is 19.7. The monoisotopic (exact) mass is 450 g/mol. The lowest BCUT2D eigenvalue weighted by atomic mass is 9.79. The summed E-state index contributed by atoms with van der Waals surface area (Å²) in [5.41, 5.74) is 7.00. The zero-order valence-corrected chi connectivity index (χ0v) is 19.7. The van der Waals surface area contributed by atoms with Gasteiger partial charge in [0.1, 0.15) is 18.2 Å². The average molecular weight is 451 g/mol. The van der Waals surface area contributed by atoms with Crippen molar-refractivity contribution in [3.8, 4) is 17.5 Å². The number of nitrogens with zero attached hydrogens (tertiary/aromatic N) is 2. The average Bonchev–Trinajstić information content (AvgIpc) is 3.14. The molecule has 1 unspecified atom stereocenters. The first-order valence-corrected chi connectivity index (χ1v) is 11.7. The number of fused-ring (bicyclic) bond motifs is 1. The molecular weight excluding hydrogens is 423 g/mol. The minimum absolute atomic E-state index is 0.182. The second-order valence-corrected chi connectivity index (χ2v) is 9.29. The maximum absolute atomic E-state index is 14.1. The van der Waals surface area contributed by atoms with Crippen molar-refractivity contribution in [2.75, 3.05) is 0 Å². The smallest absolute Gasteiger partial charge is 0.126 e. The van der Waals surface area contributed by atoms with E-state index >= 15 is 0 Å². The molecule has 1 aromatic heterocycles. The fourth-order valence-electron chi connectivity index (χ4n) is 4.86. The fraction of sp³-hybridized carbons (Fsp3) is 0.233. The van der Waals surface area contributed by atoms with Crippen LogP contribution in [0.1, 0.15) is 54.5 Å². The van der Waals surface area contributed by atoms with Gasteiger partial charge in [-0.1, -0.05) is 50.3 Å². The third-order valence-electron chi connectivity index (χ3n) is 6.57. The van der Waals surface area contributed by atoms with Gasteiger partial charge in [0.25, 0.3) is 0 Å². The van der Waals surface area contributed by atoms with Gasteiger partial charge in [-0.2, -0.15) is 5.26 Å². The third kappa shape index (κ3) is 3.88. The predicted octanol–water partition coefficient (Wildman–Crippen LogP) is 7.72. The maximum atomic E-state index is 14.1. The minimum atomic E-state index is -0.205. The molecule has 0 aliphatic heterocycles. The largest absolute Gasteiger partial charge is 0.489 e. The van der Waals surface area contributed by atoms with Crippen LogP contribution in [0.4, 0.5) is 4.39 Å². The maximum Gasteiger partial charge on any atom is 0.126 e. The Morgan fingerprint density at radius 1 is 1.09 bits per heavy atom. The minimum Gasteiger partial charge on any atom is -0.489 e. The van der Waals surface area contributed by atoms with E-state index in [1.54, 1.807) is 6.92 Å². The summed E-state index contributed by atoms with van der Waals surface area (Å²) in [7, 11) is 0. The Balaban J connectivity index is 1.68. The standard InChI is InChI=1S/C30H27FN2O/c1-19(2)30-29(23-14-22(15-23)17-32)26-16-25(34-18-21-7-5-4-6-8-21)10-12-28(26)33(30)24-9-11-27(31)20(3)13-24/h4-14,16,19,23H,15,18H2,1-3H3. The van der Waals surface area contributed by atoms with Gasteiger partial charge in [0.05, 0.1) is 11.6 Å². The lowest BCUT2D eigenvalue weighted by Crippen LogP contribution is -2.12. The normalized spacial score (nSPS) is 15.2. The van der Waals surface area contributed by atoms with Gasteiger partial charge in [0, 0.05) is 28.3 Å². The first kappa shape index (κ1) is 22.0. The van der Waals surface area contributed by atoms with Gasteiger partial charge < -0.3 is 9.30 Å². The van der Waals surface area contributed by atoms with Crippen LogP contribution in [-0.2, 0) is 6.61 Å². The quantitative estimate of drug-likeness (QED) is 0.302. The van der Waals surface area contributed by atoms with Crippen molar-refractivity contribution in [2.45, 2.75) is 45.6 Å². The molecule has 1 aliphatic carbocycles. The zero-order chi connectivity index (χ0) is 23.8. The number of benzene rings is 3. The highest BCUT2D eigenvalue weighted by Crippen LogP contribution is 2.45. The molecule has 4 aromatic rings. The molecule has 170 valence electrons. The van der Waals surface area contributed by atoms with Gasteiger partial charge in [-0.25, -0.2) is 4.39 Å². The summed E-state index contributed by atoms with van der Waals surface area (Å²) in [4.78, 5) is 0. The van der Waals surface area contributed by atoms with Gasteiger partial charge in [-0.15, -0.1) is 0 Å². The van der Waals surface area contributed by atoms with Crippen LogP contribution >= 0.6 is 0 Å². The molecule has 4 heteroatoms. The SMILES string of the molecule is Cc1cc(-n2c(C(C)C)c(C3C=C(C#N)C3)c3cc(OCc4ccccc4)ccc32)ccc1F. The highest BCUT2D eigenvalue weighted by molar-refractivity contribution is 5.90. The highest BCUT2D eigenvalue weighted by Gasteiger charge is 2.30. The van der Waals surface area contributed by atoms with E-state index in [1.165, 1.54) is 17.3 Å². The van der Waals surface area contributed by atoms with Crippen LogP contribution in [0.5, 0.6) is 5.75 Å². The van der Waals surface area contributed by atoms with E-state index in [2.05, 4.69) is 54.8 Å². The van der Waals surface area contributed by atoms with Crippen molar-refractivity contribution in [3.63, 3.8) is 0 Å². The number of nitriles is 1. The van der Waals surface area contributed by atoms with Gasteiger partial charge in [-0.3, -0.25) is 0 Å². The molecule has 1 aliphatic rings. The molecular formula is C30H27FN2O. The molecule has 5 rings (SSSR count). The van der Waals surface area contributed by atoms with E-state index < -0.39 is 0 Å². The van der Waals surface area contributed by atoms with E-state index in [9.17, 15) is 9.65 Å². The molecule has 0 spiro atoms.